The summed E-state index contributed by atoms with van der Waals surface area (Å²) in [6.07, 6.45) is 0.546. The predicted molar refractivity (Wildman–Crippen MR) is 111 cm³/mol. The van der Waals surface area contributed by atoms with E-state index in [2.05, 4.69) is 33.3 Å². The Morgan fingerprint density at radius 3 is 2.50 bits per heavy atom. The van der Waals surface area contributed by atoms with Gasteiger partial charge in [-0.2, -0.15) is 9.50 Å². The molecule has 1 N–H and O–H groups in total. The monoisotopic (exact) mass is 366 g/mol. The van der Waals surface area contributed by atoms with E-state index in [1.165, 1.54) is 4.52 Å². The van der Waals surface area contributed by atoms with E-state index in [1.54, 1.807) is 0 Å². The molecule has 0 amide bonds. The highest BCUT2D eigenvalue weighted by molar-refractivity contribution is 5.95. The van der Waals surface area contributed by atoms with E-state index < -0.39 is 0 Å². The zero-order valence-corrected chi connectivity index (χ0v) is 15.4. The van der Waals surface area contributed by atoms with E-state index in [4.69, 9.17) is 0 Å². The van der Waals surface area contributed by atoms with E-state index in [-0.39, 0.29) is 5.56 Å². The molecule has 0 aliphatic heterocycles. The minimum absolute atomic E-state index is 0.106. The third-order valence-corrected chi connectivity index (χ3v) is 5.06. The van der Waals surface area contributed by atoms with Crippen molar-refractivity contribution < 1.29 is 0 Å². The highest BCUT2D eigenvalue weighted by atomic mass is 16.1. The minimum atomic E-state index is -0.106. The third-order valence-electron chi connectivity index (χ3n) is 5.06. The lowest BCUT2D eigenvalue weighted by molar-refractivity contribution is 0.861. The van der Waals surface area contributed by atoms with Crippen molar-refractivity contribution in [2.75, 3.05) is 0 Å². The van der Waals surface area contributed by atoms with Gasteiger partial charge in [0.15, 0.2) is 5.82 Å². The summed E-state index contributed by atoms with van der Waals surface area (Å²) in [5.74, 6) is 1.03. The lowest BCUT2D eigenvalue weighted by atomic mass is 10.0. The molecule has 5 aromatic rings. The fourth-order valence-electron chi connectivity index (χ4n) is 3.61. The zero-order chi connectivity index (χ0) is 19.1. The Balaban J connectivity index is 1.68. The molecule has 2 aromatic heterocycles. The van der Waals surface area contributed by atoms with Crippen LogP contribution in [0.1, 0.15) is 16.8 Å². The number of hydrogen-bond donors (Lipinski definition) is 1. The quantitative estimate of drug-likeness (QED) is 0.522. The SMILES string of the molecule is Cc1nc2nc(-c3cccc4ccccc34)[nH]n2c(=O)c1Cc1ccccc1. The van der Waals surface area contributed by atoms with Crippen LogP contribution in [0.15, 0.2) is 77.6 Å². The predicted octanol–water partition coefficient (Wildman–Crippen LogP) is 4.14. The van der Waals surface area contributed by atoms with E-state index >= 15 is 0 Å². The Morgan fingerprint density at radius 1 is 0.893 bits per heavy atom. The van der Waals surface area contributed by atoms with Crippen molar-refractivity contribution in [1.82, 2.24) is 19.6 Å². The molecule has 28 heavy (non-hydrogen) atoms. The molecule has 0 saturated carbocycles. The van der Waals surface area contributed by atoms with Gasteiger partial charge < -0.3 is 0 Å². The van der Waals surface area contributed by atoms with E-state index in [9.17, 15) is 4.79 Å². The fourth-order valence-corrected chi connectivity index (χ4v) is 3.61. The van der Waals surface area contributed by atoms with Gasteiger partial charge in [-0.05, 0) is 23.3 Å². The topological polar surface area (TPSA) is 63.1 Å². The molecule has 2 heterocycles. The molecule has 0 saturated heterocycles. The number of benzene rings is 3. The van der Waals surface area contributed by atoms with Crippen molar-refractivity contribution in [2.45, 2.75) is 13.3 Å². The summed E-state index contributed by atoms with van der Waals surface area (Å²) in [6, 6.07) is 24.1. The first-order chi connectivity index (χ1) is 13.7. The maximum absolute atomic E-state index is 13.1. The van der Waals surface area contributed by atoms with Crippen molar-refractivity contribution in [3.05, 3.63) is 100.0 Å². The summed E-state index contributed by atoms with van der Waals surface area (Å²) < 4.78 is 1.45. The van der Waals surface area contributed by atoms with Crippen LogP contribution < -0.4 is 5.56 Å². The van der Waals surface area contributed by atoms with Crippen molar-refractivity contribution in [3.63, 3.8) is 0 Å². The van der Waals surface area contributed by atoms with Crippen LogP contribution in [0.2, 0.25) is 0 Å². The van der Waals surface area contributed by atoms with Crippen molar-refractivity contribution in [2.24, 2.45) is 0 Å². The molecule has 0 unspecified atom stereocenters. The van der Waals surface area contributed by atoms with Crippen LogP contribution in [0.4, 0.5) is 0 Å². The second-order valence-electron chi connectivity index (χ2n) is 6.88. The van der Waals surface area contributed by atoms with Gasteiger partial charge in [0, 0.05) is 17.5 Å². The van der Waals surface area contributed by atoms with Crippen LogP contribution in [0.3, 0.4) is 0 Å². The summed E-state index contributed by atoms with van der Waals surface area (Å²) >= 11 is 0. The average molecular weight is 366 g/mol. The summed E-state index contributed by atoms with van der Waals surface area (Å²) in [7, 11) is 0. The molecule has 0 bridgehead atoms. The standard InChI is InChI=1S/C23H18N4O/c1-15-20(14-16-8-3-2-4-9-16)22(28)27-23(24-15)25-21(26-27)19-13-7-11-17-10-5-6-12-18(17)19/h2-13H,14H2,1H3,(H,24,25,26). The van der Waals surface area contributed by atoms with Crippen molar-refractivity contribution >= 4 is 16.6 Å². The average Bonchev–Trinajstić information content (AvgIpc) is 3.15. The van der Waals surface area contributed by atoms with Crippen LogP contribution in [0, 0.1) is 6.92 Å². The Bertz CT molecular complexity index is 1360. The molecule has 3 aromatic carbocycles. The van der Waals surface area contributed by atoms with Gasteiger partial charge in [-0.25, -0.2) is 4.98 Å². The molecule has 136 valence electrons. The first kappa shape index (κ1) is 16.4. The molecule has 0 radical (unpaired) electrons. The number of nitrogens with one attached hydrogen (secondary N) is 1. The van der Waals surface area contributed by atoms with E-state index in [1.807, 2.05) is 61.5 Å². The molecule has 0 aliphatic rings. The van der Waals surface area contributed by atoms with Gasteiger partial charge in [0.05, 0.1) is 5.69 Å². The lowest BCUT2D eigenvalue weighted by Crippen LogP contribution is -2.22. The second-order valence-corrected chi connectivity index (χ2v) is 6.88. The number of rotatable bonds is 3. The number of nitrogens with zero attached hydrogens (tertiary/aromatic N) is 3. The number of hydrogen-bond acceptors (Lipinski definition) is 3. The van der Waals surface area contributed by atoms with Gasteiger partial charge in [-0.3, -0.25) is 9.89 Å². The van der Waals surface area contributed by atoms with Crippen molar-refractivity contribution in [3.8, 4) is 11.4 Å². The number of aromatic nitrogens is 4. The molecular formula is C23H18N4O. The molecule has 0 fully saturated rings. The largest absolute Gasteiger partial charge is 0.277 e. The van der Waals surface area contributed by atoms with Gasteiger partial charge in [0.25, 0.3) is 11.3 Å². The Labute approximate surface area is 161 Å². The molecule has 5 nitrogen and oxygen atoms in total. The smallest absolute Gasteiger partial charge is 0.271 e. The first-order valence-electron chi connectivity index (χ1n) is 9.21. The van der Waals surface area contributed by atoms with Crippen LogP contribution in [-0.2, 0) is 6.42 Å². The van der Waals surface area contributed by atoms with Crippen LogP contribution in [0.25, 0.3) is 27.9 Å². The molecular weight excluding hydrogens is 348 g/mol. The van der Waals surface area contributed by atoms with E-state index in [0.717, 1.165) is 21.9 Å². The molecule has 0 atom stereocenters. The second kappa shape index (κ2) is 6.46. The summed E-state index contributed by atoms with van der Waals surface area (Å²) in [5, 5.41) is 5.36. The van der Waals surface area contributed by atoms with Crippen LogP contribution in [0.5, 0.6) is 0 Å². The third kappa shape index (κ3) is 2.68. The van der Waals surface area contributed by atoms with Gasteiger partial charge in [-0.1, -0.05) is 72.8 Å². The lowest BCUT2D eigenvalue weighted by Gasteiger charge is -2.05. The maximum atomic E-state index is 13.1. The minimum Gasteiger partial charge on any atom is -0.271 e. The van der Waals surface area contributed by atoms with Crippen molar-refractivity contribution in [1.29, 1.82) is 0 Å². The summed E-state index contributed by atoms with van der Waals surface area (Å²) in [4.78, 5) is 22.3. The Kier molecular flexibility index (Phi) is 3.79. The van der Waals surface area contributed by atoms with Gasteiger partial charge in [0.2, 0.25) is 0 Å². The molecule has 5 heteroatoms. The van der Waals surface area contributed by atoms with Gasteiger partial charge in [-0.15, -0.1) is 0 Å². The number of fused-ring (bicyclic) bond motifs is 2. The number of aromatic amines is 1. The van der Waals surface area contributed by atoms with Gasteiger partial charge >= 0.3 is 0 Å². The van der Waals surface area contributed by atoms with Gasteiger partial charge in [0.1, 0.15) is 0 Å². The Morgan fingerprint density at radius 2 is 1.64 bits per heavy atom. The maximum Gasteiger partial charge on any atom is 0.277 e. The van der Waals surface area contributed by atoms with Crippen LogP contribution in [-0.4, -0.2) is 19.6 Å². The zero-order valence-electron chi connectivity index (χ0n) is 15.4. The summed E-state index contributed by atoms with van der Waals surface area (Å²) in [5.41, 5.74) is 3.32. The molecule has 0 spiro atoms. The van der Waals surface area contributed by atoms with E-state index in [0.29, 0.717) is 29.3 Å². The van der Waals surface area contributed by atoms with Crippen LogP contribution >= 0.6 is 0 Å². The number of aryl methyl sites for hydroxylation is 1. The number of H-pyrrole nitrogens is 1. The molecule has 0 aliphatic carbocycles. The Hall–Kier alpha value is -3.73. The summed E-state index contributed by atoms with van der Waals surface area (Å²) in [6.45, 7) is 1.87. The normalized spacial score (nSPS) is 11.3. The highest BCUT2D eigenvalue weighted by Crippen LogP contribution is 2.26. The fraction of sp³-hybridized carbons (Fsp3) is 0.0870. The first-order valence-corrected chi connectivity index (χ1v) is 9.21. The molecule has 5 rings (SSSR count). The highest BCUT2D eigenvalue weighted by Gasteiger charge is 2.15.